The molecule has 34 heavy (non-hydrogen) atoms. The molecule has 0 saturated heterocycles. The number of carbonyl (C=O) groups excluding carboxylic acids is 1. The maximum Gasteiger partial charge on any atom is 0.235 e. The minimum absolute atomic E-state index is 0.113. The van der Waals surface area contributed by atoms with E-state index in [1.165, 1.54) is 10.6 Å². The van der Waals surface area contributed by atoms with Gasteiger partial charge in [-0.25, -0.2) is 14.4 Å². The summed E-state index contributed by atoms with van der Waals surface area (Å²) in [6.07, 6.45) is 6.58. The van der Waals surface area contributed by atoms with Gasteiger partial charge in [-0.15, -0.1) is 0 Å². The molecule has 0 amide bonds. The molecule has 0 fully saturated rings. The monoisotopic (exact) mass is 451 g/mol. The first-order valence-corrected chi connectivity index (χ1v) is 10.4. The van der Waals surface area contributed by atoms with E-state index in [4.69, 9.17) is 0 Å². The Balaban J connectivity index is 1.49. The lowest BCUT2D eigenvalue weighted by atomic mass is 10.0. The smallest absolute Gasteiger partial charge is 0.235 e. The molecule has 0 radical (unpaired) electrons. The molecule has 0 aliphatic heterocycles. The van der Waals surface area contributed by atoms with Crippen LogP contribution < -0.4 is 5.32 Å². The summed E-state index contributed by atoms with van der Waals surface area (Å²) in [5, 5.41) is 17.7. The SMILES string of the molecule is Cn1cc(Nc2nccc(-c3cc(C#N)c4c(ccn4C(=O)Cc4ccccc4F)c3)n2)cn1. The molecule has 2 aromatic carbocycles. The molecule has 8 nitrogen and oxygen atoms in total. The molecule has 0 unspecified atom stereocenters. The van der Waals surface area contributed by atoms with E-state index in [1.807, 2.05) is 13.1 Å². The molecule has 0 atom stereocenters. The highest BCUT2D eigenvalue weighted by Crippen LogP contribution is 2.28. The fourth-order valence-electron chi connectivity index (χ4n) is 3.81. The van der Waals surface area contributed by atoms with E-state index in [9.17, 15) is 14.4 Å². The Labute approximate surface area is 193 Å². The molecule has 166 valence electrons. The van der Waals surface area contributed by atoms with Gasteiger partial charge in [0.05, 0.1) is 35.1 Å². The molecule has 9 heteroatoms. The minimum Gasteiger partial charge on any atom is -0.321 e. The highest BCUT2D eigenvalue weighted by molar-refractivity contribution is 5.98. The van der Waals surface area contributed by atoms with Crippen molar-refractivity contribution >= 4 is 28.4 Å². The maximum absolute atomic E-state index is 14.0. The van der Waals surface area contributed by atoms with E-state index in [2.05, 4.69) is 26.5 Å². The highest BCUT2D eigenvalue weighted by Gasteiger charge is 2.17. The van der Waals surface area contributed by atoms with Crippen LogP contribution in [0, 0.1) is 17.1 Å². The van der Waals surface area contributed by atoms with Crippen LogP contribution in [0.4, 0.5) is 16.0 Å². The summed E-state index contributed by atoms with van der Waals surface area (Å²) in [5.41, 5.74) is 3.18. The zero-order chi connectivity index (χ0) is 23.7. The first kappa shape index (κ1) is 21.0. The predicted octanol–water partition coefficient (Wildman–Crippen LogP) is 4.47. The quantitative estimate of drug-likeness (QED) is 0.423. The second-order valence-corrected chi connectivity index (χ2v) is 7.71. The molecule has 0 aliphatic rings. The Morgan fingerprint density at radius 2 is 2.06 bits per heavy atom. The van der Waals surface area contributed by atoms with Crippen LogP contribution in [0.2, 0.25) is 0 Å². The van der Waals surface area contributed by atoms with Gasteiger partial charge in [-0.1, -0.05) is 18.2 Å². The lowest BCUT2D eigenvalue weighted by molar-refractivity contribution is 0.0918. The number of nitrogens with zero attached hydrogens (tertiary/aromatic N) is 6. The topological polar surface area (TPSA) is 101 Å². The van der Waals surface area contributed by atoms with Crippen LogP contribution in [0.1, 0.15) is 15.9 Å². The Hall–Kier alpha value is -4.84. The second kappa shape index (κ2) is 8.60. The number of fused-ring (bicyclic) bond motifs is 1. The van der Waals surface area contributed by atoms with Gasteiger partial charge >= 0.3 is 0 Å². The van der Waals surface area contributed by atoms with Crippen molar-refractivity contribution in [2.45, 2.75) is 6.42 Å². The highest BCUT2D eigenvalue weighted by atomic mass is 19.1. The van der Waals surface area contributed by atoms with Crippen LogP contribution in [0.5, 0.6) is 0 Å². The van der Waals surface area contributed by atoms with Crippen molar-refractivity contribution in [2.24, 2.45) is 7.05 Å². The van der Waals surface area contributed by atoms with Crippen LogP contribution >= 0.6 is 0 Å². The average Bonchev–Trinajstić information content (AvgIpc) is 3.46. The maximum atomic E-state index is 14.0. The molecule has 3 aromatic heterocycles. The molecule has 1 N–H and O–H groups in total. The van der Waals surface area contributed by atoms with Crippen molar-refractivity contribution in [3.05, 3.63) is 90.3 Å². The lowest BCUT2D eigenvalue weighted by Gasteiger charge is -2.09. The molecule has 0 aliphatic carbocycles. The van der Waals surface area contributed by atoms with Gasteiger partial charge in [0.25, 0.3) is 0 Å². The number of carbonyl (C=O) groups is 1. The van der Waals surface area contributed by atoms with E-state index in [-0.39, 0.29) is 12.3 Å². The number of aryl methyl sites for hydroxylation is 1. The van der Waals surface area contributed by atoms with Crippen LogP contribution in [0.15, 0.2) is 73.3 Å². The number of hydrogen-bond acceptors (Lipinski definition) is 6. The lowest BCUT2D eigenvalue weighted by Crippen LogP contribution is -2.13. The van der Waals surface area contributed by atoms with E-state index in [0.717, 1.165) is 5.69 Å². The number of anilines is 2. The molecular weight excluding hydrogens is 433 g/mol. The normalized spacial score (nSPS) is 10.9. The number of nitrogens with one attached hydrogen (secondary N) is 1. The van der Waals surface area contributed by atoms with Crippen LogP contribution in [0.3, 0.4) is 0 Å². The number of benzene rings is 2. The van der Waals surface area contributed by atoms with Gasteiger partial charge in [-0.2, -0.15) is 10.4 Å². The summed E-state index contributed by atoms with van der Waals surface area (Å²) >= 11 is 0. The molecule has 0 spiro atoms. The summed E-state index contributed by atoms with van der Waals surface area (Å²) in [6, 6.07) is 15.4. The van der Waals surface area contributed by atoms with Crippen molar-refractivity contribution in [3.63, 3.8) is 0 Å². The van der Waals surface area contributed by atoms with Crippen molar-refractivity contribution < 1.29 is 9.18 Å². The Morgan fingerprint density at radius 1 is 1.21 bits per heavy atom. The first-order chi connectivity index (χ1) is 16.5. The van der Waals surface area contributed by atoms with E-state index < -0.39 is 5.82 Å². The number of aromatic nitrogens is 5. The van der Waals surface area contributed by atoms with Gasteiger partial charge in [0.2, 0.25) is 11.9 Å². The zero-order valence-corrected chi connectivity index (χ0v) is 18.1. The third kappa shape index (κ3) is 4.00. The van der Waals surface area contributed by atoms with Gasteiger partial charge in [0.15, 0.2) is 0 Å². The van der Waals surface area contributed by atoms with Crippen LogP contribution in [-0.2, 0) is 13.5 Å². The Kier molecular flexibility index (Phi) is 5.32. The van der Waals surface area contributed by atoms with Crippen LogP contribution in [0.25, 0.3) is 22.2 Å². The average molecular weight is 451 g/mol. The number of nitriles is 1. The molecule has 3 heterocycles. The summed E-state index contributed by atoms with van der Waals surface area (Å²) in [7, 11) is 1.81. The first-order valence-electron chi connectivity index (χ1n) is 10.4. The van der Waals surface area contributed by atoms with Crippen molar-refractivity contribution in [2.75, 3.05) is 5.32 Å². The van der Waals surface area contributed by atoms with Gasteiger partial charge in [-0.05, 0) is 35.9 Å². The van der Waals surface area contributed by atoms with Gasteiger partial charge < -0.3 is 5.32 Å². The molecule has 5 rings (SSSR count). The third-order valence-corrected chi connectivity index (χ3v) is 5.38. The Morgan fingerprint density at radius 3 is 2.82 bits per heavy atom. The number of halogens is 1. The number of rotatable bonds is 5. The largest absolute Gasteiger partial charge is 0.321 e. The van der Waals surface area contributed by atoms with Gasteiger partial charge in [-0.3, -0.25) is 14.0 Å². The second-order valence-electron chi connectivity index (χ2n) is 7.71. The van der Waals surface area contributed by atoms with Crippen LogP contribution in [-0.4, -0.2) is 30.2 Å². The number of hydrogen-bond donors (Lipinski definition) is 1. The zero-order valence-electron chi connectivity index (χ0n) is 18.1. The molecule has 5 aromatic rings. The van der Waals surface area contributed by atoms with Crippen molar-refractivity contribution in [1.29, 1.82) is 5.26 Å². The molecular formula is C25H18FN7O. The van der Waals surface area contributed by atoms with E-state index in [0.29, 0.717) is 39.2 Å². The molecule has 0 saturated carbocycles. The predicted molar refractivity (Wildman–Crippen MR) is 125 cm³/mol. The summed E-state index contributed by atoms with van der Waals surface area (Å²) < 4.78 is 17.1. The van der Waals surface area contributed by atoms with Gasteiger partial charge in [0, 0.05) is 36.6 Å². The summed E-state index contributed by atoms with van der Waals surface area (Å²) in [4.78, 5) is 21.7. The summed E-state index contributed by atoms with van der Waals surface area (Å²) in [6.45, 7) is 0. The standard InChI is InChI=1S/C25H18FN7O/c1-32-15-20(14-29-32)30-25-28-8-6-22(31-25)18-10-17-7-9-33(24(17)19(11-18)13-27)23(34)12-16-4-2-3-5-21(16)26/h2-11,14-15H,12H2,1H3,(H,28,30,31). The van der Waals surface area contributed by atoms with Gasteiger partial charge in [0.1, 0.15) is 11.9 Å². The fourth-order valence-corrected chi connectivity index (χ4v) is 3.81. The summed E-state index contributed by atoms with van der Waals surface area (Å²) in [5.74, 6) is -0.370. The molecule has 0 bridgehead atoms. The van der Waals surface area contributed by atoms with Crippen molar-refractivity contribution in [1.82, 2.24) is 24.3 Å². The minimum atomic E-state index is -0.436. The third-order valence-electron chi connectivity index (χ3n) is 5.38. The van der Waals surface area contributed by atoms with E-state index >= 15 is 0 Å². The Bertz CT molecular complexity index is 1580. The fraction of sp³-hybridized carbons (Fsp3) is 0.0800. The van der Waals surface area contributed by atoms with Crippen molar-refractivity contribution in [3.8, 4) is 17.3 Å². The van der Waals surface area contributed by atoms with E-state index in [1.54, 1.807) is 65.9 Å².